The minimum Gasteiger partial charge on any atom is -0.394 e. The molecule has 0 unspecified atom stereocenters. The lowest BCUT2D eigenvalue weighted by Crippen LogP contribution is -2.43. The molecule has 52 heavy (non-hydrogen) atoms. The summed E-state index contributed by atoms with van der Waals surface area (Å²) in [5.74, 6) is 0.227. The zero-order valence-corrected chi connectivity index (χ0v) is 34.7. The van der Waals surface area contributed by atoms with Gasteiger partial charge in [0.05, 0.1) is 39.6 Å². The third-order valence-corrected chi connectivity index (χ3v) is 10.3. The molecule has 0 heterocycles. The highest BCUT2D eigenvalue weighted by Gasteiger charge is 2.18. The molecule has 0 atom stereocenters. The molecule has 0 aliphatic carbocycles. The fourth-order valence-electron chi connectivity index (χ4n) is 6.90. The minimum absolute atomic E-state index is 0.0393. The number of nitrogens with zero attached hydrogens (tertiary/aromatic N) is 2. The summed E-state index contributed by atoms with van der Waals surface area (Å²) in [5, 5.41) is 18.2. The second-order valence-corrected chi connectivity index (χ2v) is 15.1. The number of carbonyl (C=O) groups excluding carboxylic acids is 2. The van der Waals surface area contributed by atoms with Gasteiger partial charge in [0.2, 0.25) is 11.8 Å². The predicted molar refractivity (Wildman–Crippen MR) is 219 cm³/mol. The van der Waals surface area contributed by atoms with Crippen molar-refractivity contribution in [3.05, 3.63) is 0 Å². The first-order valence-electron chi connectivity index (χ1n) is 22.5. The van der Waals surface area contributed by atoms with Crippen molar-refractivity contribution in [2.75, 3.05) is 65.8 Å². The zero-order chi connectivity index (χ0) is 38.0. The van der Waals surface area contributed by atoms with Crippen molar-refractivity contribution >= 4 is 11.8 Å². The number of aliphatic hydroxyl groups is 2. The summed E-state index contributed by atoms with van der Waals surface area (Å²) in [5.41, 5.74) is 0. The molecule has 8 heteroatoms. The lowest BCUT2D eigenvalue weighted by atomic mass is 10.0. The molecule has 0 aliphatic heterocycles. The van der Waals surface area contributed by atoms with E-state index in [0.717, 1.165) is 25.7 Å². The molecule has 0 bridgehead atoms. The molecule has 0 radical (unpaired) electrons. The van der Waals surface area contributed by atoms with Gasteiger partial charge in [0, 0.05) is 39.0 Å². The van der Waals surface area contributed by atoms with E-state index < -0.39 is 0 Å². The number of ether oxygens (including phenoxy) is 2. The van der Waals surface area contributed by atoms with Crippen molar-refractivity contribution in [1.29, 1.82) is 0 Å². The fourth-order valence-corrected chi connectivity index (χ4v) is 6.90. The van der Waals surface area contributed by atoms with Gasteiger partial charge in [-0.2, -0.15) is 0 Å². The molecule has 0 aromatic heterocycles. The largest absolute Gasteiger partial charge is 0.394 e. The average molecular weight is 741 g/mol. The summed E-state index contributed by atoms with van der Waals surface area (Å²) in [4.78, 5) is 30.2. The zero-order valence-electron chi connectivity index (χ0n) is 34.7. The lowest BCUT2D eigenvalue weighted by molar-refractivity contribution is -0.136. The first kappa shape index (κ1) is 50.8. The average Bonchev–Trinajstić information content (AvgIpc) is 3.15. The Morgan fingerprint density at radius 1 is 0.365 bits per heavy atom. The lowest BCUT2D eigenvalue weighted by Gasteiger charge is -2.28. The number of carbonyl (C=O) groups is 2. The van der Waals surface area contributed by atoms with E-state index in [1.165, 1.54) is 154 Å². The van der Waals surface area contributed by atoms with E-state index in [1.54, 1.807) is 0 Å². The molecule has 0 fully saturated rings. The van der Waals surface area contributed by atoms with Crippen molar-refractivity contribution in [2.45, 2.75) is 206 Å². The number of aliphatic hydroxyl groups excluding tert-OH is 2. The number of unbranched alkanes of at least 4 members (excludes halogenated alkanes) is 26. The van der Waals surface area contributed by atoms with E-state index in [1.807, 2.05) is 9.80 Å². The molecule has 0 aromatic rings. The molecule has 0 rings (SSSR count). The van der Waals surface area contributed by atoms with Crippen LogP contribution in [-0.4, -0.2) is 97.6 Å². The third-order valence-electron chi connectivity index (χ3n) is 10.3. The molecule has 0 saturated heterocycles. The van der Waals surface area contributed by atoms with Crippen molar-refractivity contribution in [3.63, 3.8) is 0 Å². The van der Waals surface area contributed by atoms with Crippen LogP contribution in [-0.2, 0) is 19.1 Å². The van der Waals surface area contributed by atoms with Crippen molar-refractivity contribution < 1.29 is 29.3 Å². The molecule has 0 spiro atoms. The molecular weight excluding hydrogens is 652 g/mol. The summed E-state index contributed by atoms with van der Waals surface area (Å²) in [6.45, 7) is 7.56. The maximum Gasteiger partial charge on any atom is 0.222 e. The van der Waals surface area contributed by atoms with E-state index >= 15 is 0 Å². The summed E-state index contributed by atoms with van der Waals surface area (Å²) in [6.07, 6.45) is 37.1. The van der Waals surface area contributed by atoms with Gasteiger partial charge >= 0.3 is 0 Å². The molecule has 0 saturated carbocycles. The highest BCUT2D eigenvalue weighted by molar-refractivity contribution is 5.77. The van der Waals surface area contributed by atoms with E-state index in [9.17, 15) is 9.59 Å². The SMILES string of the molecule is CCCCCCCCCCCCCCCCCC(=O)N(CCOCCO)CCN(CCOCCO)C(=O)CCCCCCCCCCCCCCC. The van der Waals surface area contributed by atoms with Gasteiger partial charge in [-0.05, 0) is 12.8 Å². The monoisotopic (exact) mass is 741 g/mol. The van der Waals surface area contributed by atoms with Gasteiger partial charge < -0.3 is 29.5 Å². The minimum atomic E-state index is -0.0394. The van der Waals surface area contributed by atoms with Gasteiger partial charge in [0.1, 0.15) is 0 Å². The summed E-state index contributed by atoms with van der Waals surface area (Å²) < 4.78 is 11.0. The Kier molecular flexibility index (Phi) is 41.5. The van der Waals surface area contributed by atoms with Crippen molar-refractivity contribution in [2.24, 2.45) is 0 Å². The van der Waals surface area contributed by atoms with E-state index in [4.69, 9.17) is 19.7 Å². The molecule has 2 amide bonds. The Hall–Kier alpha value is -1.22. The molecule has 8 nitrogen and oxygen atoms in total. The first-order valence-corrected chi connectivity index (χ1v) is 22.5. The van der Waals surface area contributed by atoms with Crippen LogP contribution in [0, 0.1) is 0 Å². The number of hydrogen-bond donors (Lipinski definition) is 2. The second kappa shape index (κ2) is 42.5. The van der Waals surface area contributed by atoms with E-state index in [0.29, 0.717) is 52.2 Å². The smallest absolute Gasteiger partial charge is 0.222 e. The van der Waals surface area contributed by atoms with E-state index in [-0.39, 0.29) is 38.2 Å². The summed E-state index contributed by atoms with van der Waals surface area (Å²) in [6, 6.07) is 0. The van der Waals surface area contributed by atoms with Crippen LogP contribution in [0.1, 0.15) is 206 Å². The summed E-state index contributed by atoms with van der Waals surface area (Å²) in [7, 11) is 0. The quantitative estimate of drug-likeness (QED) is 0.0604. The Bertz CT molecular complexity index is 740. The molecule has 0 aliphatic rings. The van der Waals surface area contributed by atoms with Gasteiger partial charge in [0.15, 0.2) is 0 Å². The second-order valence-electron chi connectivity index (χ2n) is 15.1. The summed E-state index contributed by atoms with van der Waals surface area (Å²) >= 11 is 0. The topological polar surface area (TPSA) is 99.5 Å². The van der Waals surface area contributed by atoms with E-state index in [2.05, 4.69) is 13.8 Å². The van der Waals surface area contributed by atoms with Gasteiger partial charge in [-0.25, -0.2) is 0 Å². The third kappa shape index (κ3) is 35.8. The molecular formula is C44H88N2O6. The van der Waals surface area contributed by atoms with Crippen LogP contribution in [0.5, 0.6) is 0 Å². The van der Waals surface area contributed by atoms with Crippen LogP contribution >= 0.6 is 0 Å². The van der Waals surface area contributed by atoms with Gasteiger partial charge in [-0.15, -0.1) is 0 Å². The molecule has 2 N–H and O–H groups in total. The van der Waals surface area contributed by atoms with Crippen LogP contribution in [0.4, 0.5) is 0 Å². The van der Waals surface area contributed by atoms with Crippen molar-refractivity contribution in [3.8, 4) is 0 Å². The first-order chi connectivity index (χ1) is 25.6. The standard InChI is InChI=1S/C44H88N2O6/c1-3-5-7-9-11-13-15-17-18-20-22-24-26-28-30-32-44(50)46(36-40-52-42-38-48)34-33-45(35-39-51-41-37-47)43(49)31-29-27-25-23-21-19-16-14-12-10-8-6-4-2/h47-48H,3-42H2,1-2H3. The number of amides is 2. The Balaban J connectivity index is 4.46. The normalized spacial score (nSPS) is 11.4. The Labute approximate surface area is 322 Å². The van der Waals surface area contributed by atoms with Crippen LogP contribution in [0.15, 0.2) is 0 Å². The van der Waals surface area contributed by atoms with Gasteiger partial charge in [0.25, 0.3) is 0 Å². The maximum atomic E-state index is 13.3. The highest BCUT2D eigenvalue weighted by atomic mass is 16.5. The van der Waals surface area contributed by atoms with Crippen LogP contribution in [0.2, 0.25) is 0 Å². The highest BCUT2D eigenvalue weighted by Crippen LogP contribution is 2.16. The maximum absolute atomic E-state index is 13.3. The number of rotatable bonds is 43. The molecule has 310 valence electrons. The Morgan fingerprint density at radius 3 is 0.865 bits per heavy atom. The van der Waals surface area contributed by atoms with Crippen molar-refractivity contribution in [1.82, 2.24) is 9.80 Å². The van der Waals surface area contributed by atoms with Crippen LogP contribution in [0.3, 0.4) is 0 Å². The van der Waals surface area contributed by atoms with Crippen LogP contribution in [0.25, 0.3) is 0 Å². The van der Waals surface area contributed by atoms with Gasteiger partial charge in [-0.1, -0.05) is 181 Å². The number of hydrogen-bond acceptors (Lipinski definition) is 6. The van der Waals surface area contributed by atoms with Crippen LogP contribution < -0.4 is 0 Å². The Morgan fingerprint density at radius 2 is 0.615 bits per heavy atom. The fraction of sp³-hybridized carbons (Fsp3) is 0.955. The van der Waals surface area contributed by atoms with Gasteiger partial charge in [-0.3, -0.25) is 9.59 Å². The predicted octanol–water partition coefficient (Wildman–Crippen LogP) is 10.4. The molecule has 0 aromatic carbocycles.